The molecule has 0 unspecified atom stereocenters. The first-order chi connectivity index (χ1) is 12.8. The first-order valence-electron chi connectivity index (χ1n) is 8.81. The fourth-order valence-corrected chi connectivity index (χ4v) is 1.89. The number of hydrogen-bond donors (Lipinski definition) is 0. The van der Waals surface area contributed by atoms with Crippen LogP contribution in [0.2, 0.25) is 0 Å². The van der Waals surface area contributed by atoms with Crippen molar-refractivity contribution in [2.45, 2.75) is 39.5 Å². The highest BCUT2D eigenvalue weighted by atomic mass is 14.9. The van der Waals surface area contributed by atoms with E-state index in [0.29, 0.717) is 11.6 Å². The molecule has 0 atom stereocenters. The second-order valence-corrected chi connectivity index (χ2v) is 5.54. The monoisotopic (exact) mass is 342 g/mol. The van der Waals surface area contributed by atoms with Gasteiger partial charge in [0.25, 0.3) is 0 Å². The largest absolute Gasteiger partial charge is 0.236 e. The van der Waals surface area contributed by atoms with Crippen LogP contribution in [0.3, 0.4) is 0 Å². The van der Waals surface area contributed by atoms with Gasteiger partial charge in [0.05, 0.1) is 11.1 Å². The predicted octanol–water partition coefficient (Wildman–Crippen LogP) is 4.30. The van der Waals surface area contributed by atoms with Crippen LogP contribution in [-0.4, -0.2) is 19.9 Å². The Morgan fingerprint density at radius 3 is 1.42 bits per heavy atom. The summed E-state index contributed by atoms with van der Waals surface area (Å²) in [4.78, 5) is 17.0. The molecule has 2 aromatic heterocycles. The van der Waals surface area contributed by atoms with Crippen molar-refractivity contribution in [3.8, 4) is 23.7 Å². The second-order valence-electron chi connectivity index (χ2n) is 5.54. The highest BCUT2D eigenvalue weighted by Gasteiger charge is 1.92. The molecular formula is C22H22N4. The van der Waals surface area contributed by atoms with Crippen LogP contribution in [-0.2, 0) is 0 Å². The van der Waals surface area contributed by atoms with Crippen molar-refractivity contribution in [3.63, 3.8) is 0 Å². The van der Waals surface area contributed by atoms with E-state index in [-0.39, 0.29) is 0 Å². The maximum absolute atomic E-state index is 4.25. The van der Waals surface area contributed by atoms with E-state index in [1.165, 1.54) is 0 Å². The van der Waals surface area contributed by atoms with Gasteiger partial charge >= 0.3 is 0 Å². The van der Waals surface area contributed by atoms with E-state index in [0.717, 1.165) is 36.8 Å². The van der Waals surface area contributed by atoms with Crippen molar-refractivity contribution in [2.24, 2.45) is 0 Å². The Hall–Kier alpha value is -3.24. The van der Waals surface area contributed by atoms with E-state index < -0.39 is 0 Å². The number of nitrogens with zero attached hydrogens (tertiary/aromatic N) is 4. The molecule has 0 bridgehead atoms. The number of allylic oxidation sites excluding steroid dienone is 2. The van der Waals surface area contributed by atoms with Gasteiger partial charge in [-0.3, -0.25) is 0 Å². The Bertz CT molecular complexity index is 779. The summed E-state index contributed by atoms with van der Waals surface area (Å²) < 4.78 is 0. The maximum atomic E-state index is 4.25. The summed E-state index contributed by atoms with van der Waals surface area (Å²) in [5, 5.41) is 0. The summed E-state index contributed by atoms with van der Waals surface area (Å²) in [6, 6.07) is 0. The Balaban J connectivity index is 1.93. The second kappa shape index (κ2) is 11.3. The Labute approximate surface area is 155 Å². The molecule has 2 aromatic rings. The van der Waals surface area contributed by atoms with Crippen LogP contribution < -0.4 is 0 Å². The van der Waals surface area contributed by atoms with Crippen molar-refractivity contribution in [1.29, 1.82) is 0 Å². The lowest BCUT2D eigenvalue weighted by Crippen LogP contribution is -1.88. The van der Waals surface area contributed by atoms with E-state index in [4.69, 9.17) is 0 Å². The molecule has 4 nitrogen and oxygen atoms in total. The van der Waals surface area contributed by atoms with Crippen molar-refractivity contribution < 1.29 is 0 Å². The molecule has 0 N–H and O–H groups in total. The van der Waals surface area contributed by atoms with E-state index in [9.17, 15) is 0 Å². The summed E-state index contributed by atoms with van der Waals surface area (Å²) >= 11 is 0. The molecule has 0 saturated carbocycles. The van der Waals surface area contributed by atoms with E-state index >= 15 is 0 Å². The molecule has 0 saturated heterocycles. The lowest BCUT2D eigenvalue weighted by Gasteiger charge is -1.92. The molecule has 0 amide bonds. The summed E-state index contributed by atoms with van der Waals surface area (Å²) in [5.74, 6) is 12.8. The zero-order chi connectivity index (χ0) is 18.5. The third-order valence-electron chi connectivity index (χ3n) is 3.26. The minimum Gasteiger partial charge on any atom is -0.236 e. The van der Waals surface area contributed by atoms with Crippen molar-refractivity contribution in [2.75, 3.05) is 0 Å². The summed E-state index contributed by atoms with van der Waals surface area (Å²) in [5.41, 5.74) is 1.47. The van der Waals surface area contributed by atoms with Crippen LogP contribution in [0, 0.1) is 23.7 Å². The fraction of sp³-hybridized carbons (Fsp3) is 0.273. The third kappa shape index (κ3) is 7.11. The number of aromatic nitrogens is 4. The zero-order valence-corrected chi connectivity index (χ0v) is 15.2. The lowest BCUT2D eigenvalue weighted by atomic mass is 10.3. The average Bonchev–Trinajstić information content (AvgIpc) is 2.68. The highest BCUT2D eigenvalue weighted by Crippen LogP contribution is 2.00. The van der Waals surface area contributed by atoms with Crippen LogP contribution in [0.4, 0.5) is 0 Å². The van der Waals surface area contributed by atoms with Gasteiger partial charge in [-0.15, -0.1) is 0 Å². The standard InChI is InChI=1S/C22H22N4/c1-3-5-7-13-21-23-15-19(16-24-21)11-9-10-12-20-17-25-22(26-18-20)14-8-6-4-2/h7-8,13-18H,3-6H2,1-2H3/b13-7+,14-8+. The first kappa shape index (κ1) is 19.1. The fourth-order valence-electron chi connectivity index (χ4n) is 1.89. The first-order valence-corrected chi connectivity index (χ1v) is 8.81. The van der Waals surface area contributed by atoms with Crippen molar-refractivity contribution in [1.82, 2.24) is 19.9 Å². The molecule has 2 rings (SSSR count). The Morgan fingerprint density at radius 2 is 1.08 bits per heavy atom. The quantitative estimate of drug-likeness (QED) is 0.735. The molecule has 26 heavy (non-hydrogen) atoms. The van der Waals surface area contributed by atoms with Gasteiger partial charge in [-0.1, -0.05) is 38.8 Å². The van der Waals surface area contributed by atoms with Crippen molar-refractivity contribution >= 4 is 12.2 Å². The topological polar surface area (TPSA) is 51.6 Å². The van der Waals surface area contributed by atoms with Gasteiger partial charge in [0, 0.05) is 24.8 Å². The van der Waals surface area contributed by atoms with Crippen LogP contribution in [0.5, 0.6) is 0 Å². The van der Waals surface area contributed by atoms with Gasteiger partial charge in [0.1, 0.15) is 0 Å². The van der Waals surface area contributed by atoms with Crippen LogP contribution in [0.15, 0.2) is 36.9 Å². The predicted molar refractivity (Wildman–Crippen MR) is 106 cm³/mol. The minimum absolute atomic E-state index is 0.695. The number of rotatable bonds is 6. The molecule has 0 aliphatic heterocycles. The molecule has 0 fully saturated rings. The average molecular weight is 342 g/mol. The minimum atomic E-state index is 0.695. The van der Waals surface area contributed by atoms with E-state index in [1.807, 2.05) is 12.2 Å². The molecule has 0 aliphatic rings. The number of hydrogen-bond acceptors (Lipinski definition) is 4. The highest BCUT2D eigenvalue weighted by molar-refractivity contribution is 5.45. The summed E-state index contributed by atoms with van der Waals surface area (Å²) in [6.07, 6.45) is 19.1. The molecule has 0 aromatic carbocycles. The van der Waals surface area contributed by atoms with Gasteiger partial charge < -0.3 is 0 Å². The van der Waals surface area contributed by atoms with Crippen LogP contribution in [0.25, 0.3) is 12.2 Å². The molecular weight excluding hydrogens is 320 g/mol. The SMILES string of the molecule is CCC/C=C/c1ncc(C#CC#Cc2cnc(/C=C/CCC)nc2)cn1. The Kier molecular flexibility index (Phi) is 8.32. The molecule has 130 valence electrons. The molecule has 0 spiro atoms. The zero-order valence-electron chi connectivity index (χ0n) is 15.2. The van der Waals surface area contributed by atoms with Gasteiger partial charge in [0.2, 0.25) is 0 Å². The normalized spacial score (nSPS) is 10.4. The van der Waals surface area contributed by atoms with Crippen molar-refractivity contribution in [3.05, 3.63) is 59.7 Å². The summed E-state index contributed by atoms with van der Waals surface area (Å²) in [6.45, 7) is 4.27. The van der Waals surface area contributed by atoms with Gasteiger partial charge in [-0.2, -0.15) is 0 Å². The van der Waals surface area contributed by atoms with Gasteiger partial charge in [-0.25, -0.2) is 19.9 Å². The van der Waals surface area contributed by atoms with Crippen LogP contribution in [0.1, 0.15) is 62.3 Å². The molecule has 2 heterocycles. The van der Waals surface area contributed by atoms with E-state index in [2.05, 4.69) is 69.6 Å². The third-order valence-corrected chi connectivity index (χ3v) is 3.26. The molecule has 0 radical (unpaired) electrons. The molecule has 4 heteroatoms. The smallest absolute Gasteiger partial charge is 0.151 e. The molecule has 0 aliphatic carbocycles. The summed E-state index contributed by atoms with van der Waals surface area (Å²) in [7, 11) is 0. The maximum Gasteiger partial charge on any atom is 0.151 e. The Morgan fingerprint density at radius 1 is 0.692 bits per heavy atom. The van der Waals surface area contributed by atoms with E-state index in [1.54, 1.807) is 24.8 Å². The number of unbranched alkanes of at least 4 members (excludes halogenated alkanes) is 2. The lowest BCUT2D eigenvalue weighted by molar-refractivity contribution is 0.960. The van der Waals surface area contributed by atoms with Gasteiger partial charge in [-0.05, 0) is 48.7 Å². The van der Waals surface area contributed by atoms with Gasteiger partial charge in [0.15, 0.2) is 11.6 Å². The van der Waals surface area contributed by atoms with Crippen LogP contribution >= 0.6 is 0 Å².